The first-order valence-electron chi connectivity index (χ1n) is 11.1. The third-order valence-electron chi connectivity index (χ3n) is 7.03. The molecule has 32 heavy (non-hydrogen) atoms. The molecule has 3 heterocycles. The third-order valence-corrected chi connectivity index (χ3v) is 7.03. The minimum absolute atomic E-state index is 1.21. The molecular formula is C30H18N2. The first-order valence-corrected chi connectivity index (χ1v) is 11.1. The second-order valence-electron chi connectivity index (χ2n) is 8.63. The van der Waals surface area contributed by atoms with E-state index in [1.807, 2.05) is 0 Å². The normalized spacial score (nSPS) is 12.4. The molecular weight excluding hydrogens is 388 g/mol. The molecule has 0 atom stereocenters. The Morgan fingerprint density at radius 1 is 0.375 bits per heavy atom. The van der Waals surface area contributed by atoms with Gasteiger partial charge in [0, 0.05) is 38.0 Å². The average molecular weight is 406 g/mol. The van der Waals surface area contributed by atoms with Crippen LogP contribution in [0.4, 0.5) is 0 Å². The maximum absolute atomic E-state index is 2.44. The fourth-order valence-corrected chi connectivity index (χ4v) is 5.76. The summed E-state index contributed by atoms with van der Waals surface area (Å²) >= 11 is 0. The second kappa shape index (κ2) is 5.68. The minimum Gasteiger partial charge on any atom is -0.309 e. The molecule has 0 saturated carbocycles. The highest BCUT2D eigenvalue weighted by Gasteiger charge is 2.19. The minimum atomic E-state index is 1.21. The van der Waals surface area contributed by atoms with Gasteiger partial charge in [0.15, 0.2) is 0 Å². The molecule has 0 spiro atoms. The summed E-state index contributed by atoms with van der Waals surface area (Å²) in [6.45, 7) is 0. The quantitative estimate of drug-likeness (QED) is 0.262. The van der Waals surface area contributed by atoms with E-state index in [1.165, 1.54) is 65.6 Å². The maximum atomic E-state index is 2.44. The molecule has 2 heteroatoms. The zero-order valence-electron chi connectivity index (χ0n) is 17.3. The molecule has 0 amide bonds. The van der Waals surface area contributed by atoms with Gasteiger partial charge in [-0.2, -0.15) is 0 Å². The standard InChI is InChI=1S/C30H18N2/c1-5-13-26-20(9-1)21-10-2-6-14-27(21)31(26)19-17-24-22-11-3-7-15-28(22)32-29-16-8-4-12-23(29)25(18-19)30(24)32/h1-18H. The van der Waals surface area contributed by atoms with Crippen LogP contribution in [0.3, 0.4) is 0 Å². The van der Waals surface area contributed by atoms with Crippen molar-refractivity contribution in [2.24, 2.45) is 0 Å². The zero-order valence-corrected chi connectivity index (χ0v) is 17.3. The summed E-state index contributed by atoms with van der Waals surface area (Å²) in [5, 5.41) is 7.82. The van der Waals surface area contributed by atoms with Crippen molar-refractivity contribution < 1.29 is 0 Å². The van der Waals surface area contributed by atoms with Gasteiger partial charge in [0.2, 0.25) is 0 Å². The number of benzene rings is 5. The van der Waals surface area contributed by atoms with Crippen molar-refractivity contribution in [3.05, 3.63) is 109 Å². The van der Waals surface area contributed by atoms with Crippen LogP contribution >= 0.6 is 0 Å². The highest BCUT2D eigenvalue weighted by molar-refractivity contribution is 6.24. The fourth-order valence-electron chi connectivity index (χ4n) is 5.76. The van der Waals surface area contributed by atoms with Crippen molar-refractivity contribution in [1.29, 1.82) is 0 Å². The van der Waals surface area contributed by atoms with E-state index in [0.29, 0.717) is 0 Å². The summed E-state index contributed by atoms with van der Waals surface area (Å²) in [6, 6.07) is 39.8. The van der Waals surface area contributed by atoms with Gasteiger partial charge in [-0.1, -0.05) is 72.8 Å². The van der Waals surface area contributed by atoms with Crippen LogP contribution in [0.15, 0.2) is 109 Å². The van der Waals surface area contributed by atoms with E-state index in [9.17, 15) is 0 Å². The zero-order chi connectivity index (χ0) is 20.8. The average Bonchev–Trinajstić information content (AvgIpc) is 3.48. The Labute approximate surface area is 183 Å². The smallest absolute Gasteiger partial charge is 0.0622 e. The van der Waals surface area contributed by atoms with Crippen LogP contribution in [0.25, 0.3) is 65.6 Å². The van der Waals surface area contributed by atoms with Crippen molar-refractivity contribution >= 4 is 59.9 Å². The topological polar surface area (TPSA) is 9.34 Å². The van der Waals surface area contributed by atoms with Gasteiger partial charge in [-0.15, -0.1) is 0 Å². The van der Waals surface area contributed by atoms with Crippen LogP contribution in [0.2, 0.25) is 0 Å². The van der Waals surface area contributed by atoms with Crippen LogP contribution in [0.1, 0.15) is 0 Å². The first kappa shape index (κ1) is 16.4. The largest absolute Gasteiger partial charge is 0.309 e. The summed E-state index contributed by atoms with van der Waals surface area (Å²) in [5.41, 5.74) is 7.56. The maximum Gasteiger partial charge on any atom is 0.0622 e. The molecule has 148 valence electrons. The predicted octanol–water partition coefficient (Wildman–Crippen LogP) is 7.93. The van der Waals surface area contributed by atoms with Crippen LogP contribution < -0.4 is 0 Å². The second-order valence-corrected chi connectivity index (χ2v) is 8.63. The number of rotatable bonds is 1. The Morgan fingerprint density at radius 3 is 1.22 bits per heavy atom. The van der Waals surface area contributed by atoms with Crippen LogP contribution in [0, 0.1) is 0 Å². The Balaban J connectivity index is 1.64. The van der Waals surface area contributed by atoms with E-state index < -0.39 is 0 Å². The number of para-hydroxylation sites is 4. The fraction of sp³-hybridized carbons (Fsp3) is 0. The molecule has 0 fully saturated rings. The molecule has 0 radical (unpaired) electrons. The van der Waals surface area contributed by atoms with E-state index in [0.717, 1.165) is 0 Å². The van der Waals surface area contributed by atoms with Crippen LogP contribution in [-0.4, -0.2) is 8.97 Å². The molecule has 0 aliphatic carbocycles. The molecule has 0 bridgehead atoms. The highest BCUT2D eigenvalue weighted by atomic mass is 15.0. The lowest BCUT2D eigenvalue weighted by Gasteiger charge is -2.09. The summed E-state index contributed by atoms with van der Waals surface area (Å²) in [4.78, 5) is 0. The lowest BCUT2D eigenvalue weighted by atomic mass is 10.1. The molecule has 2 nitrogen and oxygen atoms in total. The SMILES string of the molecule is c1ccc2c(c1)c1ccccc1n2-c1cc2c3ccccc3n3c4ccccc4c(c1)c23. The number of nitrogens with zero attached hydrogens (tertiary/aromatic N) is 2. The van der Waals surface area contributed by atoms with Crippen molar-refractivity contribution in [1.82, 2.24) is 8.97 Å². The molecule has 8 aromatic rings. The predicted molar refractivity (Wildman–Crippen MR) is 135 cm³/mol. The molecule has 0 aliphatic heterocycles. The lowest BCUT2D eigenvalue weighted by Crippen LogP contribution is -1.93. The van der Waals surface area contributed by atoms with Gasteiger partial charge in [-0.25, -0.2) is 0 Å². The van der Waals surface area contributed by atoms with Gasteiger partial charge in [0.05, 0.1) is 27.6 Å². The van der Waals surface area contributed by atoms with E-state index in [4.69, 9.17) is 0 Å². The Morgan fingerprint density at radius 2 is 0.750 bits per heavy atom. The Kier molecular flexibility index (Phi) is 2.91. The monoisotopic (exact) mass is 406 g/mol. The van der Waals surface area contributed by atoms with Gasteiger partial charge in [-0.3, -0.25) is 0 Å². The lowest BCUT2D eigenvalue weighted by molar-refractivity contribution is 1.19. The molecule has 8 rings (SSSR count). The summed E-state index contributed by atoms with van der Waals surface area (Å²) < 4.78 is 4.86. The van der Waals surface area contributed by atoms with E-state index >= 15 is 0 Å². The molecule has 0 aliphatic rings. The Hall–Kier alpha value is -4.30. The van der Waals surface area contributed by atoms with E-state index in [2.05, 4.69) is 118 Å². The first-order chi connectivity index (χ1) is 15.9. The molecule has 5 aromatic carbocycles. The number of fused-ring (bicyclic) bond motifs is 9. The van der Waals surface area contributed by atoms with Gasteiger partial charge in [0.1, 0.15) is 0 Å². The number of aromatic nitrogens is 2. The Bertz CT molecular complexity index is 1850. The summed E-state index contributed by atoms with van der Waals surface area (Å²) in [6.07, 6.45) is 0. The number of hydrogen-bond acceptors (Lipinski definition) is 0. The van der Waals surface area contributed by atoms with Crippen molar-refractivity contribution in [2.75, 3.05) is 0 Å². The molecule has 0 saturated heterocycles. The van der Waals surface area contributed by atoms with Gasteiger partial charge >= 0.3 is 0 Å². The molecule has 0 unspecified atom stereocenters. The van der Waals surface area contributed by atoms with E-state index in [-0.39, 0.29) is 0 Å². The summed E-state index contributed by atoms with van der Waals surface area (Å²) in [7, 11) is 0. The molecule has 0 N–H and O–H groups in total. The van der Waals surface area contributed by atoms with Crippen molar-refractivity contribution in [3.63, 3.8) is 0 Å². The van der Waals surface area contributed by atoms with Crippen LogP contribution in [0.5, 0.6) is 0 Å². The van der Waals surface area contributed by atoms with Crippen LogP contribution in [-0.2, 0) is 0 Å². The molecule has 3 aromatic heterocycles. The van der Waals surface area contributed by atoms with Gasteiger partial charge in [0.25, 0.3) is 0 Å². The third kappa shape index (κ3) is 1.86. The van der Waals surface area contributed by atoms with Crippen molar-refractivity contribution in [3.8, 4) is 5.69 Å². The highest BCUT2D eigenvalue weighted by Crippen LogP contribution is 2.41. The van der Waals surface area contributed by atoms with Gasteiger partial charge < -0.3 is 8.97 Å². The summed E-state index contributed by atoms with van der Waals surface area (Å²) in [5.74, 6) is 0. The van der Waals surface area contributed by atoms with Gasteiger partial charge in [-0.05, 0) is 36.4 Å². The number of hydrogen-bond donors (Lipinski definition) is 0. The van der Waals surface area contributed by atoms with Crippen molar-refractivity contribution in [2.45, 2.75) is 0 Å². The van der Waals surface area contributed by atoms with E-state index in [1.54, 1.807) is 0 Å².